The van der Waals surface area contributed by atoms with Crippen molar-refractivity contribution in [2.45, 2.75) is 19.9 Å². The molecule has 0 saturated heterocycles. The van der Waals surface area contributed by atoms with Crippen molar-refractivity contribution in [3.05, 3.63) is 137 Å². The summed E-state index contributed by atoms with van der Waals surface area (Å²) in [7, 11) is 0. The normalized spacial score (nSPS) is 15.5. The van der Waals surface area contributed by atoms with Gasteiger partial charge in [0, 0.05) is 11.3 Å². The van der Waals surface area contributed by atoms with Crippen molar-refractivity contribution in [1.82, 2.24) is 5.32 Å². The number of nitrogens with one attached hydrogen (secondary N) is 1. The highest BCUT2D eigenvalue weighted by Crippen LogP contribution is 2.30. The molecule has 1 N–H and O–H groups in total. The maximum atomic E-state index is 5.06. The minimum Gasteiger partial charge on any atom is -0.340 e. The molecular weight excluding hydrogens is 388 g/mol. The van der Waals surface area contributed by atoms with Crippen LogP contribution in [-0.4, -0.2) is 5.84 Å². The summed E-state index contributed by atoms with van der Waals surface area (Å²) in [5, 5.41) is 3.57. The highest BCUT2D eigenvalue weighted by molar-refractivity contribution is 6.04. The Morgan fingerprint density at radius 1 is 0.594 bits per heavy atom. The first kappa shape index (κ1) is 20.0. The third kappa shape index (κ3) is 4.26. The van der Waals surface area contributed by atoms with E-state index in [2.05, 4.69) is 122 Å². The molecule has 32 heavy (non-hydrogen) atoms. The number of nitrogens with zero attached hydrogens (tertiary/aromatic N) is 1. The van der Waals surface area contributed by atoms with Crippen LogP contribution < -0.4 is 5.32 Å². The van der Waals surface area contributed by atoms with E-state index in [1.807, 2.05) is 6.07 Å². The van der Waals surface area contributed by atoms with Crippen molar-refractivity contribution in [1.29, 1.82) is 0 Å². The SMILES string of the molecule is Cc1ccc(-c2ccc(C3C=C(c4cccc(C)c4)NC(c4ccccc4)=N3)cc2)cc1. The van der Waals surface area contributed by atoms with Crippen molar-refractivity contribution >= 4 is 11.5 Å². The Balaban J connectivity index is 1.52. The maximum absolute atomic E-state index is 5.06. The molecule has 0 saturated carbocycles. The molecule has 156 valence electrons. The number of benzene rings is 4. The number of rotatable bonds is 4. The van der Waals surface area contributed by atoms with Crippen molar-refractivity contribution < 1.29 is 0 Å². The predicted molar refractivity (Wildman–Crippen MR) is 135 cm³/mol. The quantitative estimate of drug-likeness (QED) is 0.378. The lowest BCUT2D eigenvalue weighted by Crippen LogP contribution is -2.27. The monoisotopic (exact) mass is 414 g/mol. The fraction of sp³-hybridized carbons (Fsp3) is 0.100. The molecule has 0 amide bonds. The van der Waals surface area contributed by atoms with Crippen LogP contribution in [-0.2, 0) is 0 Å². The first-order valence-electron chi connectivity index (χ1n) is 11.0. The molecule has 0 bridgehead atoms. The van der Waals surface area contributed by atoms with E-state index in [1.165, 1.54) is 33.4 Å². The fourth-order valence-electron chi connectivity index (χ4n) is 4.05. The summed E-state index contributed by atoms with van der Waals surface area (Å²) >= 11 is 0. The third-order valence-corrected chi connectivity index (χ3v) is 5.86. The van der Waals surface area contributed by atoms with E-state index in [-0.39, 0.29) is 6.04 Å². The standard InChI is InChI=1S/C30H26N2/c1-21-11-13-23(14-12-21)24-15-17-25(18-16-24)28-20-29(27-10-6-7-22(2)19-27)32-30(31-28)26-8-4-3-5-9-26/h3-20,28H,1-2H3,(H,31,32). The van der Waals surface area contributed by atoms with Crippen LogP contribution in [0.2, 0.25) is 0 Å². The van der Waals surface area contributed by atoms with Gasteiger partial charge < -0.3 is 5.32 Å². The van der Waals surface area contributed by atoms with Gasteiger partial charge in [-0.25, -0.2) is 0 Å². The molecular formula is C30H26N2. The molecule has 2 heteroatoms. The summed E-state index contributed by atoms with van der Waals surface area (Å²) in [5.41, 5.74) is 9.51. The number of aryl methyl sites for hydroxylation is 2. The molecule has 1 aliphatic heterocycles. The molecule has 0 fully saturated rings. The number of hydrogen-bond acceptors (Lipinski definition) is 2. The van der Waals surface area contributed by atoms with Crippen LogP contribution in [0.5, 0.6) is 0 Å². The Morgan fingerprint density at radius 3 is 1.94 bits per heavy atom. The molecule has 1 atom stereocenters. The van der Waals surface area contributed by atoms with Gasteiger partial charge >= 0.3 is 0 Å². The van der Waals surface area contributed by atoms with E-state index < -0.39 is 0 Å². The smallest absolute Gasteiger partial charge is 0.133 e. The van der Waals surface area contributed by atoms with Gasteiger partial charge in [0.15, 0.2) is 0 Å². The van der Waals surface area contributed by atoms with Gasteiger partial charge in [-0.2, -0.15) is 0 Å². The molecule has 1 unspecified atom stereocenters. The topological polar surface area (TPSA) is 24.4 Å². The molecule has 0 radical (unpaired) electrons. The first-order valence-corrected chi connectivity index (χ1v) is 11.0. The van der Waals surface area contributed by atoms with Crippen LogP contribution in [0, 0.1) is 13.8 Å². The Kier molecular flexibility index (Phi) is 5.43. The lowest BCUT2D eigenvalue weighted by molar-refractivity contribution is 0.880. The summed E-state index contributed by atoms with van der Waals surface area (Å²) in [6.45, 7) is 4.24. The lowest BCUT2D eigenvalue weighted by atomic mass is 9.97. The number of aliphatic imine (C=N–C) groups is 1. The molecule has 0 spiro atoms. The van der Waals surface area contributed by atoms with Crippen molar-refractivity contribution in [3.63, 3.8) is 0 Å². The Bertz CT molecular complexity index is 1280. The van der Waals surface area contributed by atoms with Gasteiger partial charge in [-0.1, -0.05) is 108 Å². The highest BCUT2D eigenvalue weighted by Gasteiger charge is 2.19. The zero-order valence-electron chi connectivity index (χ0n) is 18.4. The van der Waals surface area contributed by atoms with E-state index in [1.54, 1.807) is 0 Å². The first-order chi connectivity index (χ1) is 15.7. The second-order valence-electron chi connectivity index (χ2n) is 8.35. The van der Waals surface area contributed by atoms with Crippen molar-refractivity contribution in [3.8, 4) is 11.1 Å². The minimum absolute atomic E-state index is 0.0472. The molecule has 4 aromatic rings. The summed E-state index contributed by atoms with van der Waals surface area (Å²) in [6, 6.07) is 36.3. The van der Waals surface area contributed by atoms with Crippen LogP contribution in [0.1, 0.15) is 33.9 Å². The van der Waals surface area contributed by atoms with E-state index >= 15 is 0 Å². The summed E-state index contributed by atoms with van der Waals surface area (Å²) in [5.74, 6) is 0.900. The highest BCUT2D eigenvalue weighted by atomic mass is 15.0. The van der Waals surface area contributed by atoms with Crippen LogP contribution in [0.25, 0.3) is 16.8 Å². The predicted octanol–water partition coefficient (Wildman–Crippen LogP) is 7.10. The van der Waals surface area contributed by atoms with Crippen LogP contribution in [0.3, 0.4) is 0 Å². The van der Waals surface area contributed by atoms with Crippen LogP contribution >= 0.6 is 0 Å². The van der Waals surface area contributed by atoms with Gasteiger partial charge in [-0.15, -0.1) is 0 Å². The van der Waals surface area contributed by atoms with Gasteiger partial charge in [-0.05, 0) is 48.2 Å². The van der Waals surface area contributed by atoms with Gasteiger partial charge in [-0.3, -0.25) is 4.99 Å². The van der Waals surface area contributed by atoms with Crippen molar-refractivity contribution in [2.24, 2.45) is 4.99 Å². The molecule has 4 aromatic carbocycles. The number of amidine groups is 1. The zero-order chi connectivity index (χ0) is 21.9. The van der Waals surface area contributed by atoms with Gasteiger partial charge in [0.2, 0.25) is 0 Å². The van der Waals surface area contributed by atoms with Crippen LogP contribution in [0.15, 0.2) is 114 Å². The van der Waals surface area contributed by atoms with E-state index in [4.69, 9.17) is 4.99 Å². The lowest BCUT2D eigenvalue weighted by Gasteiger charge is -2.23. The Labute approximate surface area is 190 Å². The van der Waals surface area contributed by atoms with Crippen LogP contribution in [0.4, 0.5) is 0 Å². The maximum Gasteiger partial charge on any atom is 0.133 e. The van der Waals surface area contributed by atoms with Gasteiger partial charge in [0.25, 0.3) is 0 Å². The Morgan fingerprint density at radius 2 is 1.25 bits per heavy atom. The third-order valence-electron chi connectivity index (χ3n) is 5.86. The molecule has 0 aliphatic carbocycles. The molecule has 5 rings (SSSR count). The minimum atomic E-state index is -0.0472. The Hall–Kier alpha value is -3.91. The summed E-state index contributed by atoms with van der Waals surface area (Å²) in [6.07, 6.45) is 2.22. The molecule has 1 aliphatic rings. The van der Waals surface area contributed by atoms with Gasteiger partial charge in [0.05, 0.1) is 6.04 Å². The van der Waals surface area contributed by atoms with E-state index in [0.29, 0.717) is 0 Å². The molecule has 0 aromatic heterocycles. The van der Waals surface area contributed by atoms with Gasteiger partial charge in [0.1, 0.15) is 5.84 Å². The summed E-state index contributed by atoms with van der Waals surface area (Å²) < 4.78 is 0. The second-order valence-corrected chi connectivity index (χ2v) is 8.35. The van der Waals surface area contributed by atoms with E-state index in [0.717, 1.165) is 17.1 Å². The average Bonchev–Trinajstić information content (AvgIpc) is 2.85. The summed E-state index contributed by atoms with van der Waals surface area (Å²) in [4.78, 5) is 5.06. The average molecular weight is 415 g/mol. The molecule has 2 nitrogen and oxygen atoms in total. The van der Waals surface area contributed by atoms with Crippen molar-refractivity contribution in [2.75, 3.05) is 0 Å². The van der Waals surface area contributed by atoms with E-state index in [9.17, 15) is 0 Å². The molecule has 1 heterocycles. The second kappa shape index (κ2) is 8.68. The fourth-order valence-corrected chi connectivity index (χ4v) is 4.05. The zero-order valence-corrected chi connectivity index (χ0v) is 18.4. The largest absolute Gasteiger partial charge is 0.340 e. The number of hydrogen-bond donors (Lipinski definition) is 1.